The van der Waals surface area contributed by atoms with E-state index in [1.54, 1.807) is 0 Å². The van der Waals surface area contributed by atoms with Crippen LogP contribution in [-0.2, 0) is 0 Å². The van der Waals surface area contributed by atoms with Crippen LogP contribution >= 0.6 is 0 Å². The van der Waals surface area contributed by atoms with E-state index in [1.807, 2.05) is 14.1 Å². The zero-order valence-electron chi connectivity index (χ0n) is 10.9. The lowest BCUT2D eigenvalue weighted by atomic mass is 9.86. The minimum atomic E-state index is 0.925. The van der Waals surface area contributed by atoms with Gasteiger partial charge in [-0.25, -0.2) is 0 Å². The van der Waals surface area contributed by atoms with Gasteiger partial charge in [0.15, 0.2) is 0 Å². The average Bonchev–Trinajstić information content (AvgIpc) is 2.35. The topological polar surface area (TPSA) is 15.3 Å². The number of nitrogens with zero attached hydrogens (tertiary/aromatic N) is 1. The van der Waals surface area contributed by atoms with Crippen molar-refractivity contribution < 1.29 is 0 Å². The van der Waals surface area contributed by atoms with Crippen LogP contribution in [0.1, 0.15) is 44.9 Å². The highest BCUT2D eigenvalue weighted by Gasteiger charge is 2.14. The Morgan fingerprint density at radius 3 is 2.44 bits per heavy atom. The van der Waals surface area contributed by atoms with E-state index in [0.717, 1.165) is 18.2 Å². The molecule has 0 aromatic carbocycles. The van der Waals surface area contributed by atoms with Crippen molar-refractivity contribution in [3.8, 4) is 0 Å². The molecule has 2 heteroatoms. The van der Waals surface area contributed by atoms with Crippen LogP contribution < -0.4 is 5.32 Å². The molecule has 1 aliphatic carbocycles. The molecule has 1 aliphatic rings. The maximum atomic E-state index is 4.13. The zero-order valence-corrected chi connectivity index (χ0v) is 10.9. The van der Waals surface area contributed by atoms with E-state index < -0.39 is 0 Å². The van der Waals surface area contributed by atoms with E-state index in [4.69, 9.17) is 0 Å². The van der Waals surface area contributed by atoms with Gasteiger partial charge in [0.2, 0.25) is 0 Å². The minimum absolute atomic E-state index is 0.925. The highest BCUT2D eigenvalue weighted by molar-refractivity contribution is 5.04. The molecule has 2 nitrogen and oxygen atoms in total. The third kappa shape index (κ3) is 3.92. The molecule has 0 aliphatic heterocycles. The molecule has 1 rings (SSSR count). The Morgan fingerprint density at radius 2 is 1.88 bits per heavy atom. The molecule has 0 saturated heterocycles. The van der Waals surface area contributed by atoms with Crippen LogP contribution in [-0.4, -0.2) is 19.0 Å². The van der Waals surface area contributed by atoms with Gasteiger partial charge < -0.3 is 10.2 Å². The van der Waals surface area contributed by atoms with Crippen LogP contribution in [0.15, 0.2) is 24.7 Å². The highest BCUT2D eigenvalue weighted by Crippen LogP contribution is 2.28. The van der Waals surface area contributed by atoms with Crippen molar-refractivity contribution >= 4 is 0 Å². The molecule has 0 aromatic heterocycles. The second-order valence-corrected chi connectivity index (χ2v) is 4.86. The summed E-state index contributed by atoms with van der Waals surface area (Å²) < 4.78 is 0. The number of nitrogens with one attached hydrogen (secondary N) is 1. The summed E-state index contributed by atoms with van der Waals surface area (Å²) in [6, 6.07) is 0. The first-order valence-electron chi connectivity index (χ1n) is 6.43. The maximum Gasteiger partial charge on any atom is 0.0975 e. The van der Waals surface area contributed by atoms with Crippen LogP contribution in [0.3, 0.4) is 0 Å². The lowest BCUT2D eigenvalue weighted by molar-refractivity contribution is 0.328. The summed E-state index contributed by atoms with van der Waals surface area (Å²) in [5.74, 6) is 1.86. The Balaban J connectivity index is 2.25. The quantitative estimate of drug-likeness (QED) is 0.740. The third-order valence-corrected chi connectivity index (χ3v) is 3.73. The van der Waals surface area contributed by atoms with Crippen molar-refractivity contribution in [1.29, 1.82) is 0 Å². The molecular weight excluding hydrogens is 196 g/mol. The summed E-state index contributed by atoms with van der Waals surface area (Å²) in [5, 5.41) is 3.05. The van der Waals surface area contributed by atoms with Crippen molar-refractivity contribution in [1.82, 2.24) is 10.2 Å². The molecule has 0 unspecified atom stereocenters. The van der Waals surface area contributed by atoms with Gasteiger partial charge >= 0.3 is 0 Å². The molecule has 1 saturated carbocycles. The summed E-state index contributed by atoms with van der Waals surface area (Å²) in [6.07, 6.45) is 9.52. The van der Waals surface area contributed by atoms with Gasteiger partial charge in [0.05, 0.1) is 5.82 Å². The maximum absolute atomic E-state index is 4.13. The van der Waals surface area contributed by atoms with Crippen molar-refractivity contribution in [2.75, 3.05) is 14.1 Å². The molecule has 0 spiro atoms. The van der Waals surface area contributed by atoms with E-state index in [2.05, 4.69) is 23.4 Å². The summed E-state index contributed by atoms with van der Waals surface area (Å²) in [6.45, 7) is 8.08. The van der Waals surface area contributed by atoms with E-state index in [0.29, 0.717) is 0 Å². The Kier molecular flexibility index (Phi) is 5.44. The van der Waals surface area contributed by atoms with E-state index in [9.17, 15) is 0 Å². The number of hydrogen-bond donors (Lipinski definition) is 1. The Hall–Kier alpha value is -0.920. The van der Waals surface area contributed by atoms with Crippen molar-refractivity contribution in [2.45, 2.75) is 44.9 Å². The van der Waals surface area contributed by atoms with Gasteiger partial charge in [0.25, 0.3) is 0 Å². The highest BCUT2D eigenvalue weighted by atomic mass is 15.2. The standard InChI is InChI=1S/C14H26N2/c1-12(16(4)13(2)15-3)10-11-14-8-6-5-7-9-14/h14-15H,1-2,5-11H2,3-4H3. The molecule has 0 bridgehead atoms. The second kappa shape index (κ2) is 6.62. The fourth-order valence-corrected chi connectivity index (χ4v) is 2.37. The molecule has 0 aromatic rings. The summed E-state index contributed by atoms with van der Waals surface area (Å²) in [7, 11) is 3.93. The molecule has 1 N–H and O–H groups in total. The van der Waals surface area contributed by atoms with E-state index >= 15 is 0 Å². The lowest BCUT2D eigenvalue weighted by Gasteiger charge is -2.26. The second-order valence-electron chi connectivity index (χ2n) is 4.86. The van der Waals surface area contributed by atoms with Gasteiger partial charge in [0.1, 0.15) is 0 Å². The molecule has 0 radical (unpaired) electrons. The Morgan fingerprint density at radius 1 is 1.25 bits per heavy atom. The monoisotopic (exact) mass is 222 g/mol. The van der Waals surface area contributed by atoms with Gasteiger partial charge in [-0.2, -0.15) is 0 Å². The van der Waals surface area contributed by atoms with Gasteiger partial charge in [-0.05, 0) is 18.8 Å². The van der Waals surface area contributed by atoms with Gasteiger partial charge in [0, 0.05) is 19.8 Å². The smallest absolute Gasteiger partial charge is 0.0975 e. The largest absolute Gasteiger partial charge is 0.375 e. The molecule has 16 heavy (non-hydrogen) atoms. The molecule has 1 fully saturated rings. The number of hydrogen-bond acceptors (Lipinski definition) is 2. The lowest BCUT2D eigenvalue weighted by Crippen LogP contribution is -2.24. The zero-order chi connectivity index (χ0) is 12.0. The van der Waals surface area contributed by atoms with Gasteiger partial charge in [-0.3, -0.25) is 0 Å². The van der Waals surface area contributed by atoms with Crippen LogP contribution in [0.5, 0.6) is 0 Å². The average molecular weight is 222 g/mol. The van der Waals surface area contributed by atoms with Crippen LogP contribution in [0, 0.1) is 5.92 Å². The van der Waals surface area contributed by atoms with Crippen molar-refractivity contribution in [3.05, 3.63) is 24.7 Å². The predicted molar refractivity (Wildman–Crippen MR) is 70.9 cm³/mol. The fraction of sp³-hybridized carbons (Fsp3) is 0.714. The number of rotatable bonds is 6. The van der Waals surface area contributed by atoms with Crippen molar-refractivity contribution in [2.24, 2.45) is 5.92 Å². The predicted octanol–water partition coefficient (Wildman–Crippen LogP) is 3.48. The molecular formula is C14H26N2. The van der Waals surface area contributed by atoms with Crippen molar-refractivity contribution in [3.63, 3.8) is 0 Å². The molecule has 0 atom stereocenters. The first-order chi connectivity index (χ1) is 7.65. The minimum Gasteiger partial charge on any atom is -0.375 e. The van der Waals surface area contributed by atoms with Gasteiger partial charge in [-0.1, -0.05) is 45.3 Å². The summed E-state index contributed by atoms with van der Waals surface area (Å²) >= 11 is 0. The first-order valence-corrected chi connectivity index (χ1v) is 6.43. The molecule has 92 valence electrons. The fourth-order valence-electron chi connectivity index (χ4n) is 2.37. The summed E-state index contributed by atoms with van der Waals surface area (Å²) in [5.41, 5.74) is 1.17. The van der Waals surface area contributed by atoms with Crippen LogP contribution in [0.25, 0.3) is 0 Å². The summed E-state index contributed by atoms with van der Waals surface area (Å²) in [4.78, 5) is 2.06. The van der Waals surface area contributed by atoms with E-state index in [1.165, 1.54) is 44.2 Å². The first kappa shape index (κ1) is 13.1. The van der Waals surface area contributed by atoms with Crippen LogP contribution in [0.2, 0.25) is 0 Å². The van der Waals surface area contributed by atoms with Crippen LogP contribution in [0.4, 0.5) is 0 Å². The Bertz CT molecular complexity index is 239. The molecule has 0 heterocycles. The normalized spacial score (nSPS) is 16.9. The molecule has 0 amide bonds. The SMILES string of the molecule is C=C(CCC1CCCCC1)N(C)C(=C)NC. The van der Waals surface area contributed by atoms with E-state index in [-0.39, 0.29) is 0 Å². The Labute approximate surface area is 100 Å². The van der Waals surface area contributed by atoms with Gasteiger partial charge in [-0.15, -0.1) is 0 Å². The third-order valence-electron chi connectivity index (χ3n) is 3.73. The number of allylic oxidation sites excluding steroid dienone is 1.